The molecule has 1 rings (SSSR count). The first-order chi connectivity index (χ1) is 8.45. The maximum Gasteiger partial charge on any atom is 0.338 e. The number of carbonyl (C=O) groups is 1. The van der Waals surface area contributed by atoms with Gasteiger partial charge in [-0.05, 0) is 31.0 Å². The smallest absolute Gasteiger partial charge is 0.338 e. The monoisotopic (exact) mass is 274 g/mol. The van der Waals surface area contributed by atoms with Crippen LogP contribution in [0.4, 0.5) is 0 Å². The summed E-state index contributed by atoms with van der Waals surface area (Å²) in [4.78, 5) is 11.2. The van der Waals surface area contributed by atoms with Gasteiger partial charge in [-0.1, -0.05) is 6.07 Å². The molecule has 100 valence electrons. The maximum absolute atomic E-state index is 11.5. The van der Waals surface area contributed by atoms with Crippen molar-refractivity contribution in [3.63, 3.8) is 0 Å². The summed E-state index contributed by atoms with van der Waals surface area (Å²) in [6.45, 7) is 0.172. The van der Waals surface area contributed by atoms with Gasteiger partial charge in [0.25, 0.3) is 10.1 Å². The van der Waals surface area contributed by atoms with Crippen molar-refractivity contribution in [3.8, 4) is 0 Å². The summed E-state index contributed by atoms with van der Waals surface area (Å²) in [6.07, 6.45) is 1.05. The van der Waals surface area contributed by atoms with Crippen LogP contribution in [0.3, 0.4) is 0 Å². The molecule has 0 aliphatic carbocycles. The van der Waals surface area contributed by atoms with Crippen molar-refractivity contribution in [2.75, 3.05) is 13.2 Å². The zero-order chi connectivity index (χ0) is 13.6. The van der Waals surface area contributed by atoms with E-state index in [4.69, 9.17) is 14.4 Å². The highest BCUT2D eigenvalue weighted by atomic mass is 32.2. The normalized spacial score (nSPS) is 11.2. The largest absolute Gasteiger partial charge is 0.462 e. The highest BCUT2D eigenvalue weighted by molar-refractivity contribution is 7.85. The molecule has 0 saturated heterocycles. The van der Waals surface area contributed by atoms with E-state index in [1.807, 2.05) is 0 Å². The number of carbonyl (C=O) groups excluding carboxylic acids is 1. The lowest BCUT2D eigenvalue weighted by molar-refractivity contribution is 0.0492. The molecule has 0 radical (unpaired) electrons. The van der Waals surface area contributed by atoms with E-state index < -0.39 is 16.1 Å². The first-order valence-electron chi connectivity index (χ1n) is 5.30. The van der Waals surface area contributed by atoms with E-state index in [1.54, 1.807) is 0 Å². The van der Waals surface area contributed by atoms with E-state index in [-0.39, 0.29) is 23.7 Å². The third-order valence-electron chi connectivity index (χ3n) is 2.15. The van der Waals surface area contributed by atoms with E-state index in [1.165, 1.54) is 18.2 Å². The van der Waals surface area contributed by atoms with Gasteiger partial charge >= 0.3 is 5.97 Å². The van der Waals surface area contributed by atoms with Gasteiger partial charge in [0.15, 0.2) is 0 Å². The van der Waals surface area contributed by atoms with E-state index in [0.29, 0.717) is 12.8 Å². The minimum absolute atomic E-state index is 0.0236. The zero-order valence-corrected chi connectivity index (χ0v) is 10.4. The Morgan fingerprint density at radius 2 is 2.00 bits per heavy atom. The van der Waals surface area contributed by atoms with Gasteiger partial charge in [0, 0.05) is 6.61 Å². The summed E-state index contributed by atoms with van der Waals surface area (Å²) in [5.41, 5.74) is 0.0501. The number of aliphatic hydroxyl groups is 1. The molecule has 6 nitrogen and oxygen atoms in total. The van der Waals surface area contributed by atoms with Crippen LogP contribution in [0, 0.1) is 0 Å². The first-order valence-corrected chi connectivity index (χ1v) is 6.74. The number of hydrogen-bond acceptors (Lipinski definition) is 5. The molecule has 0 spiro atoms. The predicted molar refractivity (Wildman–Crippen MR) is 62.9 cm³/mol. The van der Waals surface area contributed by atoms with E-state index in [2.05, 4.69) is 0 Å². The van der Waals surface area contributed by atoms with Crippen LogP contribution in [0.1, 0.15) is 23.2 Å². The minimum atomic E-state index is -4.33. The van der Waals surface area contributed by atoms with E-state index >= 15 is 0 Å². The highest BCUT2D eigenvalue weighted by Crippen LogP contribution is 2.12. The summed E-state index contributed by atoms with van der Waals surface area (Å²) in [5, 5.41) is 8.54. The average molecular weight is 274 g/mol. The van der Waals surface area contributed by atoms with Crippen molar-refractivity contribution in [2.24, 2.45) is 0 Å². The molecule has 1 aromatic carbocycles. The van der Waals surface area contributed by atoms with E-state index in [9.17, 15) is 13.2 Å². The van der Waals surface area contributed by atoms with Crippen molar-refractivity contribution in [1.29, 1.82) is 0 Å². The number of rotatable bonds is 6. The topological polar surface area (TPSA) is 101 Å². The minimum Gasteiger partial charge on any atom is -0.462 e. The second kappa shape index (κ2) is 6.48. The van der Waals surface area contributed by atoms with Crippen LogP contribution in [-0.4, -0.2) is 37.3 Å². The predicted octanol–water partition coefficient (Wildman–Crippen LogP) is 0.863. The second-order valence-corrected chi connectivity index (χ2v) is 4.99. The quantitative estimate of drug-likeness (QED) is 0.453. The molecule has 0 saturated carbocycles. The number of esters is 1. The van der Waals surface area contributed by atoms with Crippen molar-refractivity contribution < 1.29 is 27.6 Å². The van der Waals surface area contributed by atoms with Crippen LogP contribution in [0.15, 0.2) is 29.2 Å². The summed E-state index contributed by atoms with van der Waals surface area (Å²) in [5.74, 6) is -0.668. The fourth-order valence-corrected chi connectivity index (χ4v) is 1.77. The molecule has 0 aliphatic heterocycles. The van der Waals surface area contributed by atoms with Crippen molar-refractivity contribution in [3.05, 3.63) is 29.8 Å². The highest BCUT2D eigenvalue weighted by Gasteiger charge is 2.13. The first kappa shape index (κ1) is 14.6. The number of unbranched alkanes of at least 4 members (excludes halogenated alkanes) is 1. The van der Waals surface area contributed by atoms with Gasteiger partial charge in [-0.25, -0.2) is 4.79 Å². The van der Waals surface area contributed by atoms with Crippen molar-refractivity contribution in [2.45, 2.75) is 17.7 Å². The molecular weight excluding hydrogens is 260 g/mol. The fourth-order valence-electron chi connectivity index (χ4n) is 1.25. The van der Waals surface area contributed by atoms with Crippen LogP contribution >= 0.6 is 0 Å². The standard InChI is InChI=1S/C11H14O6S/c12-6-1-2-7-17-11(13)9-4-3-5-10(8-9)18(14,15)16/h3-5,8,12H,1-2,6-7H2,(H,14,15,16). The Morgan fingerprint density at radius 1 is 1.28 bits per heavy atom. The van der Waals surface area contributed by atoms with Gasteiger partial charge < -0.3 is 9.84 Å². The molecule has 0 aromatic heterocycles. The molecule has 1 aromatic rings. The Hall–Kier alpha value is -1.44. The maximum atomic E-state index is 11.5. The Balaban J connectivity index is 2.69. The SMILES string of the molecule is O=C(OCCCCO)c1cccc(S(=O)(=O)O)c1. The lowest BCUT2D eigenvalue weighted by Crippen LogP contribution is -2.08. The average Bonchev–Trinajstić information content (AvgIpc) is 2.33. The molecule has 0 bridgehead atoms. The molecule has 2 N–H and O–H groups in total. The third kappa shape index (κ3) is 4.44. The van der Waals surface area contributed by atoms with E-state index in [0.717, 1.165) is 6.07 Å². The second-order valence-electron chi connectivity index (χ2n) is 3.57. The number of benzene rings is 1. The Kier molecular flexibility index (Phi) is 5.26. The molecular formula is C11H14O6S. The van der Waals surface area contributed by atoms with Crippen LogP contribution in [0.5, 0.6) is 0 Å². The third-order valence-corrected chi connectivity index (χ3v) is 3.00. The molecule has 7 heteroatoms. The number of hydrogen-bond donors (Lipinski definition) is 2. The Morgan fingerprint density at radius 3 is 2.61 bits per heavy atom. The van der Waals surface area contributed by atoms with Crippen molar-refractivity contribution in [1.82, 2.24) is 0 Å². The van der Waals surface area contributed by atoms with Gasteiger partial charge in [0.1, 0.15) is 0 Å². The molecule has 0 atom stereocenters. The van der Waals surface area contributed by atoms with Gasteiger partial charge in [0.2, 0.25) is 0 Å². The van der Waals surface area contributed by atoms with Gasteiger partial charge in [-0.3, -0.25) is 4.55 Å². The lowest BCUT2D eigenvalue weighted by Gasteiger charge is -2.05. The van der Waals surface area contributed by atoms with Gasteiger partial charge in [-0.15, -0.1) is 0 Å². The van der Waals surface area contributed by atoms with Gasteiger partial charge in [0.05, 0.1) is 17.1 Å². The number of aliphatic hydroxyl groups excluding tert-OH is 1. The van der Waals surface area contributed by atoms with Crippen LogP contribution in [0.2, 0.25) is 0 Å². The summed E-state index contributed by atoms with van der Waals surface area (Å²) in [7, 11) is -4.33. The Bertz CT molecular complexity index is 508. The molecule has 0 amide bonds. The lowest BCUT2D eigenvalue weighted by atomic mass is 10.2. The fraction of sp³-hybridized carbons (Fsp3) is 0.364. The summed E-state index contributed by atoms with van der Waals surface area (Å²) in [6, 6.07) is 4.96. The van der Waals surface area contributed by atoms with Gasteiger partial charge in [-0.2, -0.15) is 8.42 Å². The molecule has 0 heterocycles. The zero-order valence-electron chi connectivity index (χ0n) is 9.57. The number of ether oxygens (including phenoxy) is 1. The molecule has 0 aliphatic rings. The molecule has 0 fully saturated rings. The van der Waals surface area contributed by atoms with Crippen molar-refractivity contribution >= 4 is 16.1 Å². The van der Waals surface area contributed by atoms with Crippen LogP contribution in [-0.2, 0) is 14.9 Å². The summed E-state index contributed by atoms with van der Waals surface area (Å²) < 4.78 is 35.5. The van der Waals surface area contributed by atoms with Crippen LogP contribution < -0.4 is 0 Å². The van der Waals surface area contributed by atoms with Crippen LogP contribution in [0.25, 0.3) is 0 Å². The molecule has 18 heavy (non-hydrogen) atoms. The summed E-state index contributed by atoms with van der Waals surface area (Å²) >= 11 is 0. The molecule has 0 unspecified atom stereocenters. The Labute approximate surface area is 105 Å².